The van der Waals surface area contributed by atoms with E-state index in [0.29, 0.717) is 23.4 Å². The predicted molar refractivity (Wildman–Crippen MR) is 50.8 cm³/mol. The van der Waals surface area contributed by atoms with Crippen LogP contribution in [0.3, 0.4) is 0 Å². The third-order valence-corrected chi connectivity index (χ3v) is 2.22. The lowest BCUT2D eigenvalue weighted by molar-refractivity contribution is 0.300. The van der Waals surface area contributed by atoms with Crippen LogP contribution in [0.1, 0.15) is 18.4 Å². The number of rotatable bonds is 3. The van der Waals surface area contributed by atoms with Crippen LogP contribution in [0.5, 0.6) is 5.75 Å². The molecule has 0 amide bonds. The van der Waals surface area contributed by atoms with E-state index < -0.39 is 0 Å². The first kappa shape index (κ1) is 8.78. The molecule has 0 unspecified atom stereocenters. The van der Waals surface area contributed by atoms with Crippen LogP contribution in [-0.2, 0) is 6.54 Å². The maximum absolute atomic E-state index is 5.94. The number of hydrogen-bond donors (Lipinski definition) is 1. The van der Waals surface area contributed by atoms with E-state index in [2.05, 4.69) is 4.98 Å². The van der Waals surface area contributed by atoms with E-state index in [1.807, 2.05) is 0 Å². The van der Waals surface area contributed by atoms with E-state index in [9.17, 15) is 0 Å². The summed E-state index contributed by atoms with van der Waals surface area (Å²) in [5.74, 6) is 0.710. The van der Waals surface area contributed by atoms with Crippen molar-refractivity contribution in [1.29, 1.82) is 0 Å². The first-order valence-electron chi connectivity index (χ1n) is 4.30. The van der Waals surface area contributed by atoms with E-state index in [4.69, 9.17) is 22.1 Å². The van der Waals surface area contributed by atoms with Gasteiger partial charge < -0.3 is 10.5 Å². The number of pyridine rings is 1. The molecule has 1 fully saturated rings. The summed E-state index contributed by atoms with van der Waals surface area (Å²) in [5.41, 5.74) is 6.41. The fourth-order valence-electron chi connectivity index (χ4n) is 1.09. The largest absolute Gasteiger partial charge is 0.488 e. The number of ether oxygens (including phenoxy) is 1. The second-order valence-electron chi connectivity index (χ2n) is 3.13. The third kappa shape index (κ3) is 1.92. The Bertz CT molecular complexity index is 312. The van der Waals surface area contributed by atoms with Crippen LogP contribution in [0.2, 0.25) is 5.02 Å². The summed E-state index contributed by atoms with van der Waals surface area (Å²) in [7, 11) is 0. The first-order chi connectivity index (χ1) is 6.31. The summed E-state index contributed by atoms with van der Waals surface area (Å²) in [5, 5.41) is 0.551. The average Bonchev–Trinajstić information content (AvgIpc) is 2.92. The van der Waals surface area contributed by atoms with Crippen LogP contribution in [0.15, 0.2) is 12.4 Å². The van der Waals surface area contributed by atoms with Gasteiger partial charge in [-0.3, -0.25) is 4.98 Å². The number of nitrogens with zero attached hydrogens (tertiary/aromatic N) is 1. The molecular formula is C9H11ClN2O. The Morgan fingerprint density at radius 2 is 2.31 bits per heavy atom. The Hall–Kier alpha value is -0.800. The van der Waals surface area contributed by atoms with Gasteiger partial charge in [-0.1, -0.05) is 11.6 Å². The van der Waals surface area contributed by atoms with E-state index in [0.717, 1.165) is 18.4 Å². The molecule has 1 aliphatic carbocycles. The highest BCUT2D eigenvalue weighted by Crippen LogP contribution is 2.33. The van der Waals surface area contributed by atoms with Crippen molar-refractivity contribution in [3.63, 3.8) is 0 Å². The minimum atomic E-state index is 0.338. The van der Waals surface area contributed by atoms with Crippen LogP contribution in [0.4, 0.5) is 0 Å². The Morgan fingerprint density at radius 3 is 2.92 bits per heavy atom. The van der Waals surface area contributed by atoms with Gasteiger partial charge in [0, 0.05) is 24.5 Å². The third-order valence-electron chi connectivity index (χ3n) is 1.96. The summed E-state index contributed by atoms with van der Waals surface area (Å²) >= 11 is 5.94. The van der Waals surface area contributed by atoms with Gasteiger partial charge >= 0.3 is 0 Å². The minimum Gasteiger partial charge on any atom is -0.488 e. The number of hydrogen-bond acceptors (Lipinski definition) is 3. The minimum absolute atomic E-state index is 0.338. The Labute approximate surface area is 81.9 Å². The van der Waals surface area contributed by atoms with Crippen molar-refractivity contribution in [2.75, 3.05) is 0 Å². The van der Waals surface area contributed by atoms with E-state index in [1.54, 1.807) is 12.4 Å². The van der Waals surface area contributed by atoms with Gasteiger partial charge in [-0.2, -0.15) is 0 Å². The van der Waals surface area contributed by atoms with Crippen LogP contribution in [0.25, 0.3) is 0 Å². The van der Waals surface area contributed by atoms with Crippen molar-refractivity contribution in [2.45, 2.75) is 25.5 Å². The molecule has 1 heterocycles. The average molecular weight is 199 g/mol. The lowest BCUT2D eigenvalue weighted by atomic mass is 10.2. The van der Waals surface area contributed by atoms with Gasteiger partial charge in [0.2, 0.25) is 0 Å². The highest BCUT2D eigenvalue weighted by atomic mass is 35.5. The van der Waals surface area contributed by atoms with Gasteiger partial charge in [0.15, 0.2) is 0 Å². The zero-order valence-corrected chi connectivity index (χ0v) is 7.92. The van der Waals surface area contributed by atoms with Crippen molar-refractivity contribution in [3.8, 4) is 5.75 Å². The zero-order valence-electron chi connectivity index (χ0n) is 7.16. The molecule has 0 atom stereocenters. The molecule has 0 radical (unpaired) electrons. The van der Waals surface area contributed by atoms with Gasteiger partial charge in [-0.05, 0) is 12.8 Å². The molecule has 2 N–H and O–H groups in total. The molecule has 0 aliphatic heterocycles. The lowest BCUT2D eigenvalue weighted by Gasteiger charge is -2.10. The summed E-state index contributed by atoms with van der Waals surface area (Å²) < 4.78 is 5.63. The Kier molecular flexibility index (Phi) is 2.38. The number of halogens is 1. The zero-order chi connectivity index (χ0) is 9.26. The number of aromatic nitrogens is 1. The van der Waals surface area contributed by atoms with Crippen molar-refractivity contribution in [2.24, 2.45) is 5.73 Å². The van der Waals surface area contributed by atoms with E-state index in [1.165, 1.54) is 0 Å². The second kappa shape index (κ2) is 3.52. The smallest absolute Gasteiger partial charge is 0.145 e. The number of nitrogens with two attached hydrogens (primary N) is 1. The summed E-state index contributed by atoms with van der Waals surface area (Å²) in [6.07, 6.45) is 5.85. The van der Waals surface area contributed by atoms with Crippen LogP contribution < -0.4 is 10.5 Å². The van der Waals surface area contributed by atoms with E-state index in [-0.39, 0.29) is 0 Å². The lowest BCUT2D eigenvalue weighted by Crippen LogP contribution is -2.04. The molecule has 1 saturated carbocycles. The van der Waals surface area contributed by atoms with Crippen LogP contribution in [0, 0.1) is 0 Å². The normalized spacial score (nSPS) is 15.8. The quantitative estimate of drug-likeness (QED) is 0.805. The van der Waals surface area contributed by atoms with E-state index >= 15 is 0 Å². The molecule has 1 aliphatic rings. The molecule has 70 valence electrons. The van der Waals surface area contributed by atoms with Crippen LogP contribution >= 0.6 is 11.6 Å². The van der Waals surface area contributed by atoms with Gasteiger partial charge in [0.05, 0.1) is 6.10 Å². The fraction of sp³-hybridized carbons (Fsp3) is 0.444. The van der Waals surface area contributed by atoms with Crippen molar-refractivity contribution in [1.82, 2.24) is 4.98 Å². The van der Waals surface area contributed by atoms with Gasteiger partial charge in [0.1, 0.15) is 10.8 Å². The molecule has 3 nitrogen and oxygen atoms in total. The molecule has 1 aromatic heterocycles. The fourth-order valence-corrected chi connectivity index (χ4v) is 1.32. The highest BCUT2D eigenvalue weighted by molar-refractivity contribution is 6.32. The maximum atomic E-state index is 5.94. The van der Waals surface area contributed by atoms with Gasteiger partial charge in [-0.15, -0.1) is 0 Å². The first-order valence-corrected chi connectivity index (χ1v) is 4.68. The summed E-state index contributed by atoms with van der Waals surface area (Å²) in [4.78, 5) is 3.95. The molecule has 13 heavy (non-hydrogen) atoms. The molecule has 1 aromatic rings. The molecule has 2 rings (SSSR count). The summed E-state index contributed by atoms with van der Waals surface area (Å²) in [6.45, 7) is 0.412. The molecular weight excluding hydrogens is 188 g/mol. The molecule has 4 heteroatoms. The van der Waals surface area contributed by atoms with Crippen molar-refractivity contribution in [3.05, 3.63) is 23.0 Å². The van der Waals surface area contributed by atoms with Gasteiger partial charge in [-0.25, -0.2) is 0 Å². The molecule has 0 spiro atoms. The SMILES string of the molecule is NCc1cncc(Cl)c1OC1CC1. The maximum Gasteiger partial charge on any atom is 0.145 e. The second-order valence-corrected chi connectivity index (χ2v) is 3.54. The highest BCUT2D eigenvalue weighted by Gasteiger charge is 2.25. The monoisotopic (exact) mass is 198 g/mol. The summed E-state index contributed by atoms with van der Waals surface area (Å²) in [6, 6.07) is 0. The molecule has 0 bridgehead atoms. The Morgan fingerprint density at radius 1 is 1.54 bits per heavy atom. The standard InChI is InChI=1S/C9H11ClN2O/c10-8-5-12-4-6(3-11)9(8)13-7-1-2-7/h4-5,7H,1-3,11H2. The van der Waals surface area contributed by atoms with Crippen molar-refractivity contribution < 1.29 is 4.74 Å². The predicted octanol–water partition coefficient (Wildman–Crippen LogP) is 1.73. The van der Waals surface area contributed by atoms with Crippen molar-refractivity contribution >= 4 is 11.6 Å². The van der Waals surface area contributed by atoms with Crippen LogP contribution in [-0.4, -0.2) is 11.1 Å². The molecule has 0 aromatic carbocycles. The molecule has 0 saturated heterocycles. The topological polar surface area (TPSA) is 48.1 Å². The Balaban J connectivity index is 2.27. The van der Waals surface area contributed by atoms with Gasteiger partial charge in [0.25, 0.3) is 0 Å².